The first-order chi connectivity index (χ1) is 6.59. The van der Waals surface area contributed by atoms with Gasteiger partial charge in [-0.3, -0.25) is 0 Å². The molecule has 0 aromatic heterocycles. The van der Waals surface area contributed by atoms with Crippen molar-refractivity contribution in [3.05, 3.63) is 40.6 Å². The molecule has 0 aliphatic rings. The minimum absolute atomic E-state index is 0.245. The molecule has 0 amide bonds. The molecule has 0 atom stereocenters. The predicted octanol–water partition coefficient (Wildman–Crippen LogP) is 3.97. The van der Waals surface area contributed by atoms with Gasteiger partial charge in [-0.15, -0.1) is 6.58 Å². The molecule has 0 spiro atoms. The third-order valence-corrected chi connectivity index (χ3v) is 2.44. The van der Waals surface area contributed by atoms with Crippen LogP contribution in [0.4, 0.5) is 10.1 Å². The van der Waals surface area contributed by atoms with Gasteiger partial charge in [0.05, 0.1) is 4.47 Å². The lowest BCUT2D eigenvalue weighted by Crippen LogP contribution is -2.01. The summed E-state index contributed by atoms with van der Waals surface area (Å²) in [6.45, 7) is 6.56. The first-order valence-corrected chi connectivity index (χ1v) is 5.22. The molecule has 0 aliphatic carbocycles. The molecule has 1 aromatic carbocycles. The smallest absolute Gasteiger partial charge is 0.139 e. The Labute approximate surface area is 92.1 Å². The monoisotopic (exact) mass is 257 g/mol. The summed E-state index contributed by atoms with van der Waals surface area (Å²) >= 11 is 3.10. The fourth-order valence-electron chi connectivity index (χ4n) is 1.03. The van der Waals surface area contributed by atoms with Crippen LogP contribution in [0.3, 0.4) is 0 Å². The molecule has 3 heteroatoms. The quantitative estimate of drug-likeness (QED) is 0.806. The Morgan fingerprint density at radius 1 is 1.57 bits per heavy atom. The van der Waals surface area contributed by atoms with Gasteiger partial charge in [0.15, 0.2) is 0 Å². The molecule has 76 valence electrons. The van der Waals surface area contributed by atoms with Crippen LogP contribution in [0.1, 0.15) is 13.3 Å². The van der Waals surface area contributed by atoms with Gasteiger partial charge < -0.3 is 5.32 Å². The van der Waals surface area contributed by atoms with E-state index >= 15 is 0 Å². The minimum atomic E-state index is -0.245. The van der Waals surface area contributed by atoms with Crippen molar-refractivity contribution in [3.63, 3.8) is 0 Å². The van der Waals surface area contributed by atoms with E-state index in [1.54, 1.807) is 6.07 Å². The van der Waals surface area contributed by atoms with Crippen LogP contribution < -0.4 is 5.32 Å². The molecule has 1 nitrogen and oxygen atoms in total. The Morgan fingerprint density at radius 3 is 2.86 bits per heavy atom. The fraction of sp³-hybridized carbons (Fsp3) is 0.273. The summed E-state index contributed by atoms with van der Waals surface area (Å²) in [7, 11) is 0. The molecule has 0 radical (unpaired) electrons. The molecule has 0 bridgehead atoms. The highest BCUT2D eigenvalue weighted by Crippen LogP contribution is 2.19. The number of rotatable bonds is 4. The number of hydrogen-bond donors (Lipinski definition) is 1. The van der Waals surface area contributed by atoms with Gasteiger partial charge in [0.25, 0.3) is 0 Å². The Morgan fingerprint density at radius 2 is 2.29 bits per heavy atom. The summed E-state index contributed by atoms with van der Waals surface area (Å²) in [5.74, 6) is -0.245. The summed E-state index contributed by atoms with van der Waals surface area (Å²) in [5, 5.41) is 3.12. The number of anilines is 1. The van der Waals surface area contributed by atoms with Gasteiger partial charge in [-0.25, -0.2) is 4.39 Å². The van der Waals surface area contributed by atoms with Crippen molar-refractivity contribution in [2.24, 2.45) is 0 Å². The number of benzene rings is 1. The SMILES string of the molecule is C=C(C)CCNc1ccc(Br)c(F)c1. The lowest BCUT2D eigenvalue weighted by Gasteiger charge is -2.06. The van der Waals surface area contributed by atoms with Crippen LogP contribution in [0.5, 0.6) is 0 Å². The Kier molecular flexibility index (Phi) is 4.14. The van der Waals surface area contributed by atoms with Crippen LogP contribution in [0, 0.1) is 5.82 Å². The molecule has 1 aromatic rings. The van der Waals surface area contributed by atoms with Crippen LogP contribution in [0.15, 0.2) is 34.8 Å². The first-order valence-electron chi connectivity index (χ1n) is 4.43. The second-order valence-corrected chi connectivity index (χ2v) is 4.12. The maximum Gasteiger partial charge on any atom is 0.139 e. The summed E-state index contributed by atoms with van der Waals surface area (Å²) in [4.78, 5) is 0. The van der Waals surface area contributed by atoms with Gasteiger partial charge >= 0.3 is 0 Å². The van der Waals surface area contributed by atoms with Crippen LogP contribution >= 0.6 is 15.9 Å². The zero-order chi connectivity index (χ0) is 10.6. The van der Waals surface area contributed by atoms with Crippen molar-refractivity contribution in [1.82, 2.24) is 0 Å². The average Bonchev–Trinajstić information content (AvgIpc) is 2.10. The molecule has 0 unspecified atom stereocenters. The molecule has 14 heavy (non-hydrogen) atoms. The van der Waals surface area contributed by atoms with Crippen molar-refractivity contribution in [2.75, 3.05) is 11.9 Å². The largest absolute Gasteiger partial charge is 0.385 e. The van der Waals surface area contributed by atoms with Gasteiger partial charge in [0, 0.05) is 12.2 Å². The second kappa shape index (κ2) is 5.15. The predicted molar refractivity (Wildman–Crippen MR) is 62.0 cm³/mol. The van der Waals surface area contributed by atoms with Gasteiger partial charge in [-0.2, -0.15) is 0 Å². The minimum Gasteiger partial charge on any atom is -0.385 e. The van der Waals surface area contributed by atoms with E-state index in [0.29, 0.717) is 4.47 Å². The Bertz CT molecular complexity index is 336. The third-order valence-electron chi connectivity index (χ3n) is 1.80. The standard InChI is InChI=1S/C11H13BrFN/c1-8(2)5-6-14-9-3-4-10(12)11(13)7-9/h3-4,7,14H,1,5-6H2,2H3. The maximum atomic E-state index is 13.1. The number of nitrogens with one attached hydrogen (secondary N) is 1. The summed E-state index contributed by atoms with van der Waals surface area (Å²) in [6, 6.07) is 5.01. The maximum absolute atomic E-state index is 13.1. The molecule has 0 saturated carbocycles. The first kappa shape index (κ1) is 11.2. The zero-order valence-electron chi connectivity index (χ0n) is 8.11. The van der Waals surface area contributed by atoms with E-state index in [4.69, 9.17) is 0 Å². The highest BCUT2D eigenvalue weighted by atomic mass is 79.9. The van der Waals surface area contributed by atoms with Crippen molar-refractivity contribution in [1.29, 1.82) is 0 Å². The van der Waals surface area contributed by atoms with E-state index in [1.807, 2.05) is 13.0 Å². The molecular formula is C11H13BrFN. The topological polar surface area (TPSA) is 12.0 Å². The molecule has 0 fully saturated rings. The second-order valence-electron chi connectivity index (χ2n) is 3.26. The molecule has 0 aliphatic heterocycles. The van der Waals surface area contributed by atoms with E-state index in [9.17, 15) is 4.39 Å². The summed E-state index contributed by atoms with van der Waals surface area (Å²) in [5.41, 5.74) is 1.92. The fourth-order valence-corrected chi connectivity index (χ4v) is 1.27. The van der Waals surface area contributed by atoms with Crippen LogP contribution in [-0.4, -0.2) is 6.54 Å². The van der Waals surface area contributed by atoms with Crippen LogP contribution in [-0.2, 0) is 0 Å². The Balaban J connectivity index is 2.51. The van der Waals surface area contributed by atoms with Gasteiger partial charge in [0.1, 0.15) is 5.82 Å². The highest BCUT2D eigenvalue weighted by molar-refractivity contribution is 9.10. The van der Waals surface area contributed by atoms with Crippen molar-refractivity contribution in [3.8, 4) is 0 Å². The normalized spacial score (nSPS) is 9.93. The average molecular weight is 258 g/mol. The number of hydrogen-bond acceptors (Lipinski definition) is 1. The van der Waals surface area contributed by atoms with Gasteiger partial charge in [-0.1, -0.05) is 5.57 Å². The third kappa shape index (κ3) is 3.50. The lowest BCUT2D eigenvalue weighted by atomic mass is 10.2. The van der Waals surface area contributed by atoms with Crippen LogP contribution in [0.25, 0.3) is 0 Å². The van der Waals surface area contributed by atoms with E-state index in [2.05, 4.69) is 27.8 Å². The molecule has 1 rings (SSSR count). The highest BCUT2D eigenvalue weighted by Gasteiger charge is 1.99. The number of halogens is 2. The van der Waals surface area contributed by atoms with E-state index < -0.39 is 0 Å². The summed E-state index contributed by atoms with van der Waals surface area (Å²) < 4.78 is 13.5. The van der Waals surface area contributed by atoms with Crippen molar-refractivity contribution >= 4 is 21.6 Å². The van der Waals surface area contributed by atoms with Gasteiger partial charge in [0.2, 0.25) is 0 Å². The van der Waals surface area contributed by atoms with E-state index in [-0.39, 0.29) is 5.82 Å². The Hall–Kier alpha value is -0.830. The van der Waals surface area contributed by atoms with Crippen molar-refractivity contribution in [2.45, 2.75) is 13.3 Å². The molecular weight excluding hydrogens is 245 g/mol. The van der Waals surface area contributed by atoms with E-state index in [0.717, 1.165) is 24.2 Å². The van der Waals surface area contributed by atoms with Crippen molar-refractivity contribution < 1.29 is 4.39 Å². The molecule has 0 saturated heterocycles. The van der Waals surface area contributed by atoms with Gasteiger partial charge in [-0.05, 0) is 47.5 Å². The summed E-state index contributed by atoms with van der Waals surface area (Å²) in [6.07, 6.45) is 0.900. The van der Waals surface area contributed by atoms with Crippen LogP contribution in [0.2, 0.25) is 0 Å². The lowest BCUT2D eigenvalue weighted by molar-refractivity contribution is 0.621. The van der Waals surface area contributed by atoms with E-state index in [1.165, 1.54) is 6.07 Å². The molecule has 1 N–H and O–H groups in total. The molecule has 0 heterocycles. The zero-order valence-corrected chi connectivity index (χ0v) is 9.70.